The SMILES string of the molecule is CCCCOC(=O)c1ccc(Oc2ccc(C(=O)OCCCC)c(C(=O)Cl)c2)cc1C(=O)Cl. The van der Waals surface area contributed by atoms with Crippen molar-refractivity contribution in [3.8, 4) is 11.5 Å². The summed E-state index contributed by atoms with van der Waals surface area (Å²) >= 11 is 11.3. The molecule has 0 radical (unpaired) electrons. The Morgan fingerprint density at radius 1 is 0.667 bits per heavy atom. The average Bonchev–Trinajstić information content (AvgIpc) is 2.79. The summed E-state index contributed by atoms with van der Waals surface area (Å²) in [5.41, 5.74) is -0.138. The highest BCUT2D eigenvalue weighted by Crippen LogP contribution is 2.28. The lowest BCUT2D eigenvalue weighted by Crippen LogP contribution is -2.11. The topological polar surface area (TPSA) is 96.0 Å². The van der Waals surface area contributed by atoms with Crippen LogP contribution in [0.15, 0.2) is 36.4 Å². The van der Waals surface area contributed by atoms with Gasteiger partial charge < -0.3 is 14.2 Å². The van der Waals surface area contributed by atoms with Gasteiger partial charge in [-0.05, 0) is 72.4 Å². The van der Waals surface area contributed by atoms with Gasteiger partial charge in [-0.15, -0.1) is 0 Å². The quantitative estimate of drug-likeness (QED) is 0.198. The summed E-state index contributed by atoms with van der Waals surface area (Å²) in [6.45, 7) is 4.37. The largest absolute Gasteiger partial charge is 0.462 e. The summed E-state index contributed by atoms with van der Waals surface area (Å²) in [4.78, 5) is 48.2. The van der Waals surface area contributed by atoms with E-state index in [-0.39, 0.29) is 47.0 Å². The molecule has 0 aliphatic heterocycles. The Bertz CT molecular complexity index is 952. The first-order chi connectivity index (χ1) is 15.8. The van der Waals surface area contributed by atoms with E-state index in [1.807, 2.05) is 13.8 Å². The molecule has 7 nitrogen and oxygen atoms in total. The molecule has 176 valence electrons. The molecule has 0 fully saturated rings. The highest BCUT2D eigenvalue weighted by Gasteiger charge is 2.20. The Hall–Kier alpha value is -2.90. The molecule has 0 spiro atoms. The second-order valence-corrected chi connectivity index (χ2v) is 7.73. The Balaban J connectivity index is 2.27. The third-order valence-corrected chi connectivity index (χ3v) is 4.95. The zero-order valence-electron chi connectivity index (χ0n) is 18.3. The van der Waals surface area contributed by atoms with Gasteiger partial charge in [0.05, 0.1) is 35.5 Å². The number of rotatable bonds is 12. The van der Waals surface area contributed by atoms with Gasteiger partial charge in [0.1, 0.15) is 11.5 Å². The van der Waals surface area contributed by atoms with Crippen LogP contribution in [-0.2, 0) is 9.47 Å². The van der Waals surface area contributed by atoms with Gasteiger partial charge in [0.25, 0.3) is 10.5 Å². The van der Waals surface area contributed by atoms with Gasteiger partial charge in [-0.3, -0.25) is 9.59 Å². The minimum absolute atomic E-state index is 0.0141. The van der Waals surface area contributed by atoms with Crippen molar-refractivity contribution in [1.82, 2.24) is 0 Å². The zero-order valence-corrected chi connectivity index (χ0v) is 19.8. The molecule has 0 unspecified atom stereocenters. The summed E-state index contributed by atoms with van der Waals surface area (Å²) in [5, 5.41) is -1.71. The molecule has 0 bridgehead atoms. The van der Waals surface area contributed by atoms with E-state index < -0.39 is 22.4 Å². The Morgan fingerprint density at radius 2 is 1.06 bits per heavy atom. The Kier molecular flexibility index (Phi) is 10.4. The molecule has 2 aromatic rings. The maximum Gasteiger partial charge on any atom is 0.338 e. The van der Waals surface area contributed by atoms with Gasteiger partial charge in [0.15, 0.2) is 0 Å². The normalized spacial score (nSPS) is 10.4. The molecule has 0 saturated carbocycles. The van der Waals surface area contributed by atoms with Crippen LogP contribution in [0.4, 0.5) is 0 Å². The van der Waals surface area contributed by atoms with E-state index in [9.17, 15) is 19.2 Å². The Labute approximate surface area is 201 Å². The smallest absolute Gasteiger partial charge is 0.338 e. The van der Waals surface area contributed by atoms with Crippen LogP contribution in [0.5, 0.6) is 11.5 Å². The van der Waals surface area contributed by atoms with Crippen LogP contribution in [0.3, 0.4) is 0 Å². The number of unbranched alkanes of at least 4 members (excludes halogenated alkanes) is 2. The van der Waals surface area contributed by atoms with Crippen molar-refractivity contribution in [2.45, 2.75) is 39.5 Å². The van der Waals surface area contributed by atoms with E-state index in [0.717, 1.165) is 12.8 Å². The summed E-state index contributed by atoms with van der Waals surface area (Å²) in [6, 6.07) is 8.23. The number of carbonyl (C=O) groups is 4. The molecule has 9 heteroatoms. The van der Waals surface area contributed by atoms with Crippen LogP contribution in [0.2, 0.25) is 0 Å². The van der Waals surface area contributed by atoms with Crippen molar-refractivity contribution in [2.24, 2.45) is 0 Å². The summed E-state index contributed by atoms with van der Waals surface area (Å²) in [6.07, 6.45) is 3.09. The molecular formula is C24H24Cl2O7. The third-order valence-electron chi connectivity index (χ3n) is 4.54. The molecular weight excluding hydrogens is 471 g/mol. The fraction of sp³-hybridized carbons (Fsp3) is 0.333. The molecule has 2 aromatic carbocycles. The molecule has 0 atom stereocenters. The molecule has 33 heavy (non-hydrogen) atoms. The van der Waals surface area contributed by atoms with Crippen LogP contribution in [0.25, 0.3) is 0 Å². The van der Waals surface area contributed by atoms with Gasteiger partial charge in [-0.2, -0.15) is 0 Å². The monoisotopic (exact) mass is 494 g/mol. The van der Waals surface area contributed by atoms with Crippen molar-refractivity contribution in [3.63, 3.8) is 0 Å². The van der Waals surface area contributed by atoms with Gasteiger partial charge in [-0.25, -0.2) is 9.59 Å². The van der Waals surface area contributed by atoms with Crippen LogP contribution in [0, 0.1) is 0 Å². The predicted octanol–water partition coefficient (Wildman–Crippen LogP) is 6.15. The molecule has 0 heterocycles. The zero-order chi connectivity index (χ0) is 24.4. The van der Waals surface area contributed by atoms with E-state index in [1.165, 1.54) is 36.4 Å². The first kappa shape index (κ1) is 26.4. The van der Waals surface area contributed by atoms with E-state index >= 15 is 0 Å². The van der Waals surface area contributed by atoms with Crippen molar-refractivity contribution < 1.29 is 33.4 Å². The number of hydrogen-bond acceptors (Lipinski definition) is 7. The third kappa shape index (κ3) is 7.58. The molecule has 0 aromatic heterocycles. The Morgan fingerprint density at radius 3 is 1.39 bits per heavy atom. The number of halogens is 2. The van der Waals surface area contributed by atoms with E-state index in [2.05, 4.69) is 0 Å². The van der Waals surface area contributed by atoms with Crippen LogP contribution >= 0.6 is 23.2 Å². The number of ether oxygens (including phenoxy) is 3. The first-order valence-electron chi connectivity index (χ1n) is 10.5. The van der Waals surface area contributed by atoms with Gasteiger partial charge in [-0.1, -0.05) is 26.7 Å². The lowest BCUT2D eigenvalue weighted by molar-refractivity contribution is 0.0489. The van der Waals surface area contributed by atoms with Crippen LogP contribution in [0.1, 0.15) is 81.0 Å². The molecule has 0 aliphatic rings. The van der Waals surface area contributed by atoms with Crippen molar-refractivity contribution in [3.05, 3.63) is 58.7 Å². The predicted molar refractivity (Wildman–Crippen MR) is 124 cm³/mol. The van der Waals surface area contributed by atoms with E-state index in [1.54, 1.807) is 0 Å². The molecule has 0 amide bonds. The van der Waals surface area contributed by atoms with Gasteiger partial charge in [0.2, 0.25) is 0 Å². The fourth-order valence-electron chi connectivity index (χ4n) is 2.76. The fourth-order valence-corrected chi connectivity index (χ4v) is 3.08. The maximum atomic E-state index is 12.3. The number of carbonyl (C=O) groups excluding carboxylic acids is 4. The summed E-state index contributed by atoms with van der Waals surface area (Å²) in [5.74, 6) is -0.981. The van der Waals surface area contributed by atoms with E-state index in [4.69, 9.17) is 37.4 Å². The molecule has 2 rings (SSSR count). The van der Waals surface area contributed by atoms with E-state index in [0.29, 0.717) is 12.8 Å². The maximum absolute atomic E-state index is 12.3. The highest BCUT2D eigenvalue weighted by atomic mass is 35.5. The minimum Gasteiger partial charge on any atom is -0.462 e. The first-order valence-corrected chi connectivity index (χ1v) is 11.2. The van der Waals surface area contributed by atoms with Crippen LogP contribution < -0.4 is 4.74 Å². The number of benzene rings is 2. The second kappa shape index (κ2) is 13.0. The van der Waals surface area contributed by atoms with Crippen molar-refractivity contribution >= 4 is 45.6 Å². The summed E-state index contributed by atoms with van der Waals surface area (Å²) < 4.78 is 16.0. The lowest BCUT2D eigenvalue weighted by Gasteiger charge is -2.12. The van der Waals surface area contributed by atoms with Gasteiger partial charge >= 0.3 is 11.9 Å². The standard InChI is InChI=1S/C24H24Cl2O7/c1-3-5-11-31-23(29)17-9-7-15(13-19(17)21(25)27)33-16-8-10-18(20(14-16)22(26)28)24(30)32-12-6-4-2/h7-10,13-14H,3-6,11-12H2,1-2H3. The average molecular weight is 495 g/mol. The number of esters is 2. The molecule has 0 N–H and O–H groups in total. The number of hydrogen-bond donors (Lipinski definition) is 0. The molecule has 0 aliphatic carbocycles. The van der Waals surface area contributed by atoms with Crippen molar-refractivity contribution in [1.29, 1.82) is 0 Å². The van der Waals surface area contributed by atoms with Gasteiger partial charge in [0, 0.05) is 0 Å². The summed E-state index contributed by atoms with van der Waals surface area (Å²) in [7, 11) is 0. The van der Waals surface area contributed by atoms with Crippen molar-refractivity contribution in [2.75, 3.05) is 13.2 Å². The second-order valence-electron chi connectivity index (χ2n) is 7.04. The molecule has 0 saturated heterocycles. The highest BCUT2D eigenvalue weighted by molar-refractivity contribution is 6.68. The lowest BCUT2D eigenvalue weighted by atomic mass is 10.1. The minimum atomic E-state index is -0.857. The van der Waals surface area contributed by atoms with Crippen LogP contribution in [-0.4, -0.2) is 35.6 Å².